The van der Waals surface area contributed by atoms with Crippen molar-refractivity contribution in [2.75, 3.05) is 36.4 Å². The SMILES string of the molecule is CC(=O)N1CCC(c2cc(Nc3cnc(C#N)cn3)nc(N3CCC(F)(F)C3)c2)CC1. The van der Waals surface area contributed by atoms with Gasteiger partial charge < -0.3 is 15.1 Å². The Bertz CT molecular complexity index is 998. The minimum absolute atomic E-state index is 0.0647. The molecular weight excluding hydrogens is 404 g/mol. The van der Waals surface area contributed by atoms with Crippen LogP contribution in [0.25, 0.3) is 0 Å². The van der Waals surface area contributed by atoms with Gasteiger partial charge in [-0.3, -0.25) is 4.79 Å². The van der Waals surface area contributed by atoms with Crippen molar-refractivity contribution in [1.82, 2.24) is 19.9 Å². The van der Waals surface area contributed by atoms with Gasteiger partial charge in [0.2, 0.25) is 5.91 Å². The molecule has 4 rings (SSSR count). The van der Waals surface area contributed by atoms with E-state index < -0.39 is 5.92 Å². The summed E-state index contributed by atoms with van der Waals surface area (Å²) >= 11 is 0. The lowest BCUT2D eigenvalue weighted by molar-refractivity contribution is -0.129. The monoisotopic (exact) mass is 427 g/mol. The first kappa shape index (κ1) is 20.9. The molecule has 0 bridgehead atoms. The molecule has 0 aromatic carbocycles. The second-order valence-electron chi connectivity index (χ2n) is 7.98. The normalized spacial score (nSPS) is 18.6. The van der Waals surface area contributed by atoms with Crippen LogP contribution in [0.3, 0.4) is 0 Å². The third kappa shape index (κ3) is 4.87. The van der Waals surface area contributed by atoms with Crippen molar-refractivity contribution in [3.05, 3.63) is 35.8 Å². The molecule has 2 aliphatic heterocycles. The zero-order chi connectivity index (χ0) is 22.0. The average Bonchev–Trinajstić information content (AvgIpc) is 3.14. The summed E-state index contributed by atoms with van der Waals surface area (Å²) in [5, 5.41) is 11.9. The largest absolute Gasteiger partial charge is 0.350 e. The number of anilines is 3. The maximum atomic E-state index is 13.8. The number of likely N-dealkylation sites (tertiary alicyclic amines) is 1. The van der Waals surface area contributed by atoms with Crippen LogP contribution in [0.4, 0.5) is 26.2 Å². The van der Waals surface area contributed by atoms with Crippen LogP contribution in [0.1, 0.15) is 43.4 Å². The summed E-state index contributed by atoms with van der Waals surface area (Å²) in [6, 6.07) is 5.69. The zero-order valence-electron chi connectivity index (χ0n) is 17.2. The Morgan fingerprint density at radius 1 is 1.19 bits per heavy atom. The standard InChI is InChI=1S/C21H23F2N7O/c1-14(31)29-5-2-15(3-6-29)16-8-18(27-19-12-25-17(10-24)11-26-19)28-20(9-16)30-7-4-21(22,23)13-30/h8-9,11-12,15H,2-7,13H2,1H3,(H,26,27,28). The summed E-state index contributed by atoms with van der Waals surface area (Å²) in [4.78, 5) is 27.7. The lowest BCUT2D eigenvalue weighted by Crippen LogP contribution is -2.36. The summed E-state index contributed by atoms with van der Waals surface area (Å²) in [5.74, 6) is -1.07. The predicted octanol–water partition coefficient (Wildman–Crippen LogP) is 3.06. The summed E-state index contributed by atoms with van der Waals surface area (Å²) < 4.78 is 27.6. The van der Waals surface area contributed by atoms with Crippen molar-refractivity contribution in [2.24, 2.45) is 0 Å². The van der Waals surface area contributed by atoms with E-state index in [0.29, 0.717) is 30.5 Å². The average molecular weight is 427 g/mol. The van der Waals surface area contributed by atoms with Gasteiger partial charge in [0.15, 0.2) is 5.69 Å². The maximum Gasteiger partial charge on any atom is 0.266 e. The lowest BCUT2D eigenvalue weighted by Gasteiger charge is -2.32. The molecule has 4 heterocycles. The number of piperidine rings is 1. The fourth-order valence-electron chi connectivity index (χ4n) is 4.04. The van der Waals surface area contributed by atoms with Gasteiger partial charge in [-0.1, -0.05) is 0 Å². The molecule has 8 nitrogen and oxygen atoms in total. The molecule has 1 N–H and O–H groups in total. The summed E-state index contributed by atoms with van der Waals surface area (Å²) in [6.45, 7) is 2.79. The molecule has 0 saturated carbocycles. The number of aromatic nitrogens is 3. The smallest absolute Gasteiger partial charge is 0.266 e. The Kier molecular flexibility index (Phi) is 5.67. The van der Waals surface area contributed by atoms with Gasteiger partial charge in [-0.05, 0) is 36.5 Å². The second kappa shape index (κ2) is 8.41. The van der Waals surface area contributed by atoms with E-state index in [0.717, 1.165) is 18.4 Å². The van der Waals surface area contributed by atoms with Gasteiger partial charge in [-0.15, -0.1) is 0 Å². The Morgan fingerprint density at radius 3 is 2.55 bits per heavy atom. The number of halogens is 2. The third-order valence-electron chi connectivity index (χ3n) is 5.76. The van der Waals surface area contributed by atoms with Crippen molar-refractivity contribution in [2.45, 2.75) is 38.0 Å². The number of carbonyl (C=O) groups is 1. The Morgan fingerprint density at radius 2 is 1.97 bits per heavy atom. The van der Waals surface area contributed by atoms with Crippen molar-refractivity contribution in [3.8, 4) is 6.07 Å². The Hall–Kier alpha value is -3.35. The van der Waals surface area contributed by atoms with E-state index in [1.807, 2.05) is 23.1 Å². The minimum Gasteiger partial charge on any atom is -0.350 e. The molecule has 0 atom stereocenters. The molecule has 0 unspecified atom stereocenters. The molecule has 1 amide bonds. The number of rotatable bonds is 4. The highest BCUT2D eigenvalue weighted by Gasteiger charge is 2.39. The number of hydrogen-bond donors (Lipinski definition) is 1. The van der Waals surface area contributed by atoms with E-state index in [4.69, 9.17) is 5.26 Å². The Balaban J connectivity index is 1.60. The van der Waals surface area contributed by atoms with Crippen LogP contribution in [0.5, 0.6) is 0 Å². The van der Waals surface area contributed by atoms with Crippen LogP contribution in [0.2, 0.25) is 0 Å². The molecule has 2 fully saturated rings. The zero-order valence-corrected chi connectivity index (χ0v) is 17.2. The topological polar surface area (TPSA) is 98.0 Å². The first-order valence-corrected chi connectivity index (χ1v) is 10.2. The number of nitriles is 1. The van der Waals surface area contributed by atoms with Crippen LogP contribution in [-0.4, -0.2) is 57.9 Å². The van der Waals surface area contributed by atoms with E-state index in [1.165, 1.54) is 12.4 Å². The van der Waals surface area contributed by atoms with Gasteiger partial charge in [0.25, 0.3) is 5.92 Å². The van der Waals surface area contributed by atoms with Gasteiger partial charge >= 0.3 is 0 Å². The molecule has 162 valence electrons. The van der Waals surface area contributed by atoms with Crippen molar-refractivity contribution in [1.29, 1.82) is 5.26 Å². The second-order valence-corrected chi connectivity index (χ2v) is 7.98. The molecule has 2 saturated heterocycles. The number of hydrogen-bond acceptors (Lipinski definition) is 7. The number of alkyl halides is 2. The first-order valence-electron chi connectivity index (χ1n) is 10.2. The minimum atomic E-state index is -2.73. The van der Waals surface area contributed by atoms with Gasteiger partial charge in [-0.2, -0.15) is 5.26 Å². The van der Waals surface area contributed by atoms with Crippen LogP contribution >= 0.6 is 0 Å². The van der Waals surface area contributed by atoms with Crippen LogP contribution in [0.15, 0.2) is 24.5 Å². The van der Waals surface area contributed by atoms with Crippen LogP contribution in [-0.2, 0) is 4.79 Å². The third-order valence-corrected chi connectivity index (χ3v) is 5.76. The highest BCUT2D eigenvalue weighted by atomic mass is 19.3. The molecule has 2 aromatic rings. The van der Waals surface area contributed by atoms with Gasteiger partial charge in [0.05, 0.1) is 18.9 Å². The molecule has 2 aromatic heterocycles. The number of carbonyl (C=O) groups excluding carboxylic acids is 1. The Labute approximate surface area is 178 Å². The number of amides is 1. The summed E-state index contributed by atoms with van der Waals surface area (Å²) in [5.41, 5.74) is 1.19. The molecule has 0 radical (unpaired) electrons. The molecule has 2 aliphatic rings. The molecule has 0 spiro atoms. The molecule has 0 aliphatic carbocycles. The van der Waals surface area contributed by atoms with Gasteiger partial charge in [-0.25, -0.2) is 23.7 Å². The van der Waals surface area contributed by atoms with E-state index in [9.17, 15) is 13.6 Å². The highest BCUT2D eigenvalue weighted by molar-refractivity contribution is 5.73. The van der Waals surface area contributed by atoms with Crippen molar-refractivity contribution < 1.29 is 13.6 Å². The van der Waals surface area contributed by atoms with Crippen LogP contribution in [0, 0.1) is 11.3 Å². The molecule has 10 heteroatoms. The number of nitrogens with one attached hydrogen (secondary N) is 1. The van der Waals surface area contributed by atoms with Gasteiger partial charge in [0.1, 0.15) is 23.5 Å². The van der Waals surface area contributed by atoms with E-state index >= 15 is 0 Å². The van der Waals surface area contributed by atoms with Crippen molar-refractivity contribution >= 4 is 23.4 Å². The lowest BCUT2D eigenvalue weighted by atomic mass is 9.89. The highest BCUT2D eigenvalue weighted by Crippen LogP contribution is 2.35. The van der Waals surface area contributed by atoms with E-state index in [1.54, 1.807) is 11.8 Å². The number of nitrogens with zero attached hydrogens (tertiary/aromatic N) is 6. The number of pyridine rings is 1. The van der Waals surface area contributed by atoms with Crippen molar-refractivity contribution in [3.63, 3.8) is 0 Å². The molecule has 31 heavy (non-hydrogen) atoms. The van der Waals surface area contributed by atoms with E-state index in [-0.39, 0.29) is 37.0 Å². The van der Waals surface area contributed by atoms with E-state index in [2.05, 4.69) is 20.3 Å². The quantitative estimate of drug-likeness (QED) is 0.801. The maximum absolute atomic E-state index is 13.8. The fraction of sp³-hybridized carbons (Fsp3) is 0.476. The van der Waals surface area contributed by atoms with Crippen LogP contribution < -0.4 is 10.2 Å². The first-order chi connectivity index (χ1) is 14.8. The fourth-order valence-corrected chi connectivity index (χ4v) is 4.04. The van der Waals surface area contributed by atoms with Gasteiger partial charge in [0, 0.05) is 33.0 Å². The predicted molar refractivity (Wildman–Crippen MR) is 110 cm³/mol. The summed E-state index contributed by atoms with van der Waals surface area (Å²) in [7, 11) is 0. The summed E-state index contributed by atoms with van der Waals surface area (Å²) in [6.07, 6.45) is 4.19. The molecular formula is C21H23F2N7O.